The lowest BCUT2D eigenvalue weighted by atomic mass is 10.2. The van der Waals surface area contributed by atoms with E-state index < -0.39 is 0 Å². The minimum atomic E-state index is 0.0304. The Morgan fingerprint density at radius 1 is 1.12 bits per heavy atom. The van der Waals surface area contributed by atoms with E-state index in [1.165, 1.54) is 0 Å². The van der Waals surface area contributed by atoms with E-state index in [4.69, 9.17) is 0 Å². The SMILES string of the molecule is CCCC(=O)N(CCC)CC(=O)N(Cc1cccn1C)CC(C)C. The zero-order chi connectivity index (χ0) is 18.1. The highest BCUT2D eigenvalue weighted by molar-refractivity contribution is 5.84. The van der Waals surface area contributed by atoms with E-state index in [1.807, 2.05) is 48.7 Å². The average molecular weight is 335 g/mol. The maximum absolute atomic E-state index is 12.8. The molecule has 5 nitrogen and oxygen atoms in total. The zero-order valence-corrected chi connectivity index (χ0v) is 15.9. The van der Waals surface area contributed by atoms with E-state index in [2.05, 4.69) is 13.8 Å². The second-order valence-corrected chi connectivity index (χ2v) is 6.84. The van der Waals surface area contributed by atoms with Crippen molar-refractivity contribution in [3.63, 3.8) is 0 Å². The van der Waals surface area contributed by atoms with Gasteiger partial charge >= 0.3 is 0 Å². The predicted molar refractivity (Wildman–Crippen MR) is 97.4 cm³/mol. The van der Waals surface area contributed by atoms with Crippen LogP contribution in [0.25, 0.3) is 0 Å². The van der Waals surface area contributed by atoms with Crippen LogP contribution in [-0.2, 0) is 23.2 Å². The number of aromatic nitrogens is 1. The third-order valence-electron chi connectivity index (χ3n) is 3.98. The van der Waals surface area contributed by atoms with Crippen LogP contribution in [0.4, 0.5) is 0 Å². The quantitative estimate of drug-likeness (QED) is 0.660. The summed E-state index contributed by atoms with van der Waals surface area (Å²) in [6.07, 6.45) is 4.17. The van der Waals surface area contributed by atoms with Gasteiger partial charge in [0.15, 0.2) is 0 Å². The zero-order valence-electron chi connectivity index (χ0n) is 15.9. The number of hydrogen-bond donors (Lipinski definition) is 0. The van der Waals surface area contributed by atoms with Crippen LogP contribution in [0.2, 0.25) is 0 Å². The lowest BCUT2D eigenvalue weighted by Crippen LogP contribution is -2.44. The van der Waals surface area contributed by atoms with E-state index in [9.17, 15) is 9.59 Å². The lowest BCUT2D eigenvalue weighted by Gasteiger charge is -2.29. The summed E-state index contributed by atoms with van der Waals surface area (Å²) in [7, 11) is 1.99. The highest BCUT2D eigenvalue weighted by Crippen LogP contribution is 2.10. The van der Waals surface area contributed by atoms with E-state index in [1.54, 1.807) is 4.90 Å². The Morgan fingerprint density at radius 2 is 1.83 bits per heavy atom. The van der Waals surface area contributed by atoms with Gasteiger partial charge in [0, 0.05) is 38.4 Å². The standard InChI is InChI=1S/C19H33N3O2/c1-6-9-18(23)21(11-7-2)15-19(24)22(13-16(3)4)14-17-10-8-12-20(17)5/h8,10,12,16H,6-7,9,11,13-15H2,1-5H3. The largest absolute Gasteiger partial charge is 0.353 e. The molecular weight excluding hydrogens is 302 g/mol. The molecule has 1 heterocycles. The van der Waals surface area contributed by atoms with Crippen LogP contribution in [0.5, 0.6) is 0 Å². The smallest absolute Gasteiger partial charge is 0.242 e. The summed E-state index contributed by atoms with van der Waals surface area (Å²) in [5.41, 5.74) is 1.10. The van der Waals surface area contributed by atoms with Crippen molar-refractivity contribution < 1.29 is 9.59 Å². The number of aryl methyl sites for hydroxylation is 1. The van der Waals surface area contributed by atoms with Crippen LogP contribution < -0.4 is 0 Å². The van der Waals surface area contributed by atoms with Crippen LogP contribution >= 0.6 is 0 Å². The minimum Gasteiger partial charge on any atom is -0.353 e. The summed E-state index contributed by atoms with van der Waals surface area (Å²) in [5.74, 6) is 0.499. The Kier molecular flexibility index (Phi) is 8.58. The monoisotopic (exact) mass is 335 g/mol. The first-order valence-electron chi connectivity index (χ1n) is 9.04. The Balaban J connectivity index is 2.81. The van der Waals surface area contributed by atoms with Gasteiger partial charge in [0.05, 0.1) is 13.1 Å². The van der Waals surface area contributed by atoms with Crippen molar-refractivity contribution in [1.29, 1.82) is 0 Å². The Hall–Kier alpha value is -1.78. The number of rotatable bonds is 10. The fourth-order valence-corrected chi connectivity index (χ4v) is 2.75. The molecule has 0 saturated heterocycles. The first-order valence-corrected chi connectivity index (χ1v) is 9.04. The maximum Gasteiger partial charge on any atom is 0.242 e. The molecule has 0 saturated carbocycles. The number of amides is 2. The van der Waals surface area contributed by atoms with Crippen LogP contribution in [-0.4, -0.2) is 45.8 Å². The third-order valence-corrected chi connectivity index (χ3v) is 3.98. The molecular formula is C19H33N3O2. The van der Waals surface area contributed by atoms with Crippen LogP contribution in [0, 0.1) is 5.92 Å². The van der Waals surface area contributed by atoms with Gasteiger partial charge in [-0.15, -0.1) is 0 Å². The molecule has 136 valence electrons. The van der Waals surface area contributed by atoms with E-state index in [0.29, 0.717) is 32.0 Å². The van der Waals surface area contributed by atoms with Gasteiger partial charge in [-0.3, -0.25) is 9.59 Å². The molecule has 2 amide bonds. The van der Waals surface area contributed by atoms with Gasteiger partial charge in [-0.2, -0.15) is 0 Å². The normalized spacial score (nSPS) is 10.9. The molecule has 0 radical (unpaired) electrons. The van der Waals surface area contributed by atoms with Crippen molar-refractivity contribution >= 4 is 11.8 Å². The van der Waals surface area contributed by atoms with Gasteiger partial charge in [-0.05, 0) is 30.9 Å². The first-order chi connectivity index (χ1) is 11.4. The summed E-state index contributed by atoms with van der Waals surface area (Å²) in [4.78, 5) is 28.7. The first kappa shape index (κ1) is 20.3. The number of nitrogens with zero attached hydrogens (tertiary/aromatic N) is 3. The molecule has 1 aromatic heterocycles. The van der Waals surface area contributed by atoms with Gasteiger partial charge in [0.25, 0.3) is 0 Å². The molecule has 0 aliphatic heterocycles. The van der Waals surface area contributed by atoms with E-state index in [0.717, 1.165) is 18.5 Å². The molecule has 0 unspecified atom stereocenters. The highest BCUT2D eigenvalue weighted by atomic mass is 16.2. The maximum atomic E-state index is 12.8. The van der Waals surface area contributed by atoms with Crippen molar-refractivity contribution in [2.45, 2.75) is 53.5 Å². The summed E-state index contributed by atoms with van der Waals surface area (Å²) in [6.45, 7) is 10.4. The van der Waals surface area contributed by atoms with Crippen molar-refractivity contribution in [2.24, 2.45) is 13.0 Å². The number of carbonyl (C=O) groups is 2. The van der Waals surface area contributed by atoms with Crippen molar-refractivity contribution in [3.8, 4) is 0 Å². The molecule has 0 fully saturated rings. The lowest BCUT2D eigenvalue weighted by molar-refractivity contribution is -0.141. The summed E-state index contributed by atoms with van der Waals surface area (Å²) < 4.78 is 2.03. The summed E-state index contributed by atoms with van der Waals surface area (Å²) >= 11 is 0. The van der Waals surface area contributed by atoms with Gasteiger partial charge in [0.2, 0.25) is 11.8 Å². The molecule has 0 aromatic carbocycles. The molecule has 0 bridgehead atoms. The number of carbonyl (C=O) groups excluding carboxylic acids is 2. The minimum absolute atomic E-state index is 0.0304. The molecule has 0 spiro atoms. The molecule has 1 rings (SSSR count). The summed E-state index contributed by atoms with van der Waals surface area (Å²) in [5, 5.41) is 0. The fraction of sp³-hybridized carbons (Fsp3) is 0.684. The van der Waals surface area contributed by atoms with Crippen molar-refractivity contribution in [2.75, 3.05) is 19.6 Å². The molecule has 0 aliphatic rings. The van der Waals surface area contributed by atoms with Gasteiger partial charge in [-0.25, -0.2) is 0 Å². The fourth-order valence-electron chi connectivity index (χ4n) is 2.75. The molecule has 5 heteroatoms. The second kappa shape index (κ2) is 10.2. The van der Waals surface area contributed by atoms with E-state index >= 15 is 0 Å². The van der Waals surface area contributed by atoms with Crippen LogP contribution in [0.15, 0.2) is 18.3 Å². The van der Waals surface area contributed by atoms with Gasteiger partial charge in [0.1, 0.15) is 0 Å². The molecule has 0 aliphatic carbocycles. The van der Waals surface area contributed by atoms with Crippen LogP contribution in [0.3, 0.4) is 0 Å². The topological polar surface area (TPSA) is 45.6 Å². The van der Waals surface area contributed by atoms with Crippen molar-refractivity contribution in [1.82, 2.24) is 14.4 Å². The number of hydrogen-bond acceptors (Lipinski definition) is 2. The Morgan fingerprint density at radius 3 is 2.33 bits per heavy atom. The molecule has 24 heavy (non-hydrogen) atoms. The average Bonchev–Trinajstić information content (AvgIpc) is 2.91. The highest BCUT2D eigenvalue weighted by Gasteiger charge is 2.21. The molecule has 1 aromatic rings. The van der Waals surface area contributed by atoms with Gasteiger partial charge in [-0.1, -0.05) is 27.7 Å². The van der Waals surface area contributed by atoms with Gasteiger partial charge < -0.3 is 14.4 Å². The molecule has 0 N–H and O–H groups in total. The Labute approximate surface area is 146 Å². The van der Waals surface area contributed by atoms with Crippen molar-refractivity contribution in [3.05, 3.63) is 24.0 Å². The third kappa shape index (κ3) is 6.38. The second-order valence-electron chi connectivity index (χ2n) is 6.84. The summed E-state index contributed by atoms with van der Waals surface area (Å²) in [6, 6.07) is 4.02. The molecule has 0 atom stereocenters. The van der Waals surface area contributed by atoms with Crippen LogP contribution in [0.1, 0.15) is 52.7 Å². The predicted octanol–water partition coefficient (Wildman–Crippen LogP) is 3.05. The Bertz CT molecular complexity index is 522. The van der Waals surface area contributed by atoms with E-state index in [-0.39, 0.29) is 18.4 Å².